The van der Waals surface area contributed by atoms with Gasteiger partial charge in [0.15, 0.2) is 5.96 Å². The summed E-state index contributed by atoms with van der Waals surface area (Å²) in [5.74, 6) is 2.10. The summed E-state index contributed by atoms with van der Waals surface area (Å²) in [4.78, 5) is 23.7. The Morgan fingerprint density at radius 2 is 1.83 bits per heavy atom. The number of rotatable bonds is 5. The predicted molar refractivity (Wildman–Crippen MR) is 116 cm³/mol. The normalized spacial score (nSPS) is 19.4. The van der Waals surface area contributed by atoms with E-state index in [1.165, 1.54) is 0 Å². The first-order valence-corrected chi connectivity index (χ1v) is 10.7. The quantitative estimate of drug-likeness (QED) is 0.601. The highest BCUT2D eigenvalue weighted by Gasteiger charge is 2.30. The highest BCUT2D eigenvalue weighted by Crippen LogP contribution is 2.19. The van der Waals surface area contributed by atoms with Gasteiger partial charge in [-0.15, -0.1) is 0 Å². The summed E-state index contributed by atoms with van der Waals surface area (Å²) in [5, 5.41) is 3.46. The number of aryl methyl sites for hydroxylation is 1. The van der Waals surface area contributed by atoms with Gasteiger partial charge in [0, 0.05) is 52.9 Å². The van der Waals surface area contributed by atoms with Gasteiger partial charge in [0.05, 0.1) is 13.2 Å². The molecule has 1 unspecified atom stereocenters. The highest BCUT2D eigenvalue weighted by atomic mass is 16.5. The fourth-order valence-corrected chi connectivity index (χ4v) is 4.17. The van der Waals surface area contributed by atoms with E-state index in [-0.39, 0.29) is 11.9 Å². The van der Waals surface area contributed by atoms with Crippen molar-refractivity contribution in [2.75, 3.05) is 53.4 Å². The summed E-state index contributed by atoms with van der Waals surface area (Å²) in [6.45, 7) is 10.1. The summed E-state index contributed by atoms with van der Waals surface area (Å²) < 4.78 is 5.42. The Morgan fingerprint density at radius 1 is 1.14 bits per heavy atom. The van der Waals surface area contributed by atoms with Crippen molar-refractivity contribution in [2.24, 2.45) is 4.99 Å². The van der Waals surface area contributed by atoms with E-state index in [4.69, 9.17) is 4.74 Å². The second-order valence-electron chi connectivity index (χ2n) is 7.94. The van der Waals surface area contributed by atoms with Crippen LogP contribution in [0.1, 0.15) is 30.9 Å². The Balaban J connectivity index is 1.50. The maximum absolute atomic E-state index is 12.7. The Bertz CT molecular complexity index is 722. The number of piperazine rings is 1. The minimum absolute atomic E-state index is 0.0368. The van der Waals surface area contributed by atoms with Crippen LogP contribution < -0.4 is 10.1 Å². The first kappa shape index (κ1) is 21.4. The Morgan fingerprint density at radius 3 is 2.45 bits per heavy atom. The van der Waals surface area contributed by atoms with Crippen molar-refractivity contribution in [1.29, 1.82) is 0 Å². The molecule has 1 aromatic rings. The van der Waals surface area contributed by atoms with Gasteiger partial charge in [-0.2, -0.15) is 0 Å². The van der Waals surface area contributed by atoms with Gasteiger partial charge in [-0.25, -0.2) is 0 Å². The molecule has 1 N–H and O–H groups in total. The second-order valence-corrected chi connectivity index (χ2v) is 7.94. The molecule has 1 atom stereocenters. The van der Waals surface area contributed by atoms with E-state index in [9.17, 15) is 4.79 Å². The summed E-state index contributed by atoms with van der Waals surface area (Å²) in [5.41, 5.74) is 2.30. The molecule has 29 heavy (non-hydrogen) atoms. The van der Waals surface area contributed by atoms with Crippen molar-refractivity contribution in [3.8, 4) is 5.75 Å². The van der Waals surface area contributed by atoms with Gasteiger partial charge < -0.3 is 19.9 Å². The molecule has 2 aliphatic heterocycles. The summed E-state index contributed by atoms with van der Waals surface area (Å²) in [6.07, 6.45) is 2.28. The lowest BCUT2D eigenvalue weighted by molar-refractivity contribution is -0.135. The zero-order chi connectivity index (χ0) is 20.8. The van der Waals surface area contributed by atoms with Gasteiger partial charge in [0.1, 0.15) is 5.75 Å². The number of ether oxygens (including phenoxy) is 1. The van der Waals surface area contributed by atoms with Crippen LogP contribution >= 0.6 is 0 Å². The standard InChI is InChI=1S/C22H35N5O2/c1-17-7-8-19(15-20(17)29-4)16-24-22(23-3)27-13-11-25(12-14-27)18(2)21(28)26-9-5-6-10-26/h7-8,15,18H,5-6,9-14,16H2,1-4H3,(H,23,24). The first-order chi connectivity index (χ1) is 14.0. The molecule has 1 aromatic carbocycles. The van der Waals surface area contributed by atoms with E-state index in [1.807, 2.05) is 25.8 Å². The lowest BCUT2D eigenvalue weighted by Crippen LogP contribution is -2.57. The number of hydrogen-bond acceptors (Lipinski definition) is 4. The lowest BCUT2D eigenvalue weighted by atomic mass is 10.1. The van der Waals surface area contributed by atoms with Crippen LogP contribution in [0.4, 0.5) is 0 Å². The Kier molecular flexibility index (Phi) is 7.36. The fraction of sp³-hybridized carbons (Fsp3) is 0.636. The molecular formula is C22H35N5O2. The topological polar surface area (TPSA) is 60.4 Å². The molecule has 0 saturated carbocycles. The van der Waals surface area contributed by atoms with Crippen molar-refractivity contribution in [3.63, 3.8) is 0 Å². The van der Waals surface area contributed by atoms with Crippen molar-refractivity contribution < 1.29 is 9.53 Å². The van der Waals surface area contributed by atoms with Gasteiger partial charge in [0.25, 0.3) is 0 Å². The molecule has 7 nitrogen and oxygen atoms in total. The van der Waals surface area contributed by atoms with Crippen LogP contribution in [0.5, 0.6) is 5.75 Å². The summed E-state index contributed by atoms with van der Waals surface area (Å²) in [6, 6.07) is 6.22. The molecule has 0 bridgehead atoms. The van der Waals surface area contributed by atoms with Crippen LogP contribution in [-0.2, 0) is 11.3 Å². The number of carbonyl (C=O) groups is 1. The van der Waals surface area contributed by atoms with Crippen LogP contribution in [0.3, 0.4) is 0 Å². The molecule has 0 aromatic heterocycles. The van der Waals surface area contributed by atoms with Crippen LogP contribution in [0.15, 0.2) is 23.2 Å². The molecular weight excluding hydrogens is 366 g/mol. The zero-order valence-corrected chi connectivity index (χ0v) is 18.3. The van der Waals surface area contributed by atoms with E-state index in [0.29, 0.717) is 6.54 Å². The molecule has 1 amide bonds. The number of nitrogens with one attached hydrogen (secondary N) is 1. The van der Waals surface area contributed by atoms with Crippen LogP contribution in [0, 0.1) is 6.92 Å². The van der Waals surface area contributed by atoms with Crippen molar-refractivity contribution >= 4 is 11.9 Å². The predicted octanol–water partition coefficient (Wildman–Crippen LogP) is 1.71. The molecule has 0 radical (unpaired) electrons. The van der Waals surface area contributed by atoms with E-state index < -0.39 is 0 Å². The SMILES string of the molecule is CN=C(NCc1ccc(C)c(OC)c1)N1CCN(C(C)C(=O)N2CCCC2)CC1. The number of amides is 1. The number of hydrogen-bond donors (Lipinski definition) is 1. The summed E-state index contributed by atoms with van der Waals surface area (Å²) in [7, 11) is 3.53. The van der Waals surface area contributed by atoms with Gasteiger partial charge >= 0.3 is 0 Å². The smallest absolute Gasteiger partial charge is 0.239 e. The van der Waals surface area contributed by atoms with E-state index in [0.717, 1.165) is 74.9 Å². The zero-order valence-electron chi connectivity index (χ0n) is 18.3. The maximum atomic E-state index is 12.7. The fourth-order valence-electron chi connectivity index (χ4n) is 4.17. The van der Waals surface area contributed by atoms with Gasteiger partial charge in [0.2, 0.25) is 5.91 Å². The van der Waals surface area contributed by atoms with E-state index in [1.54, 1.807) is 7.11 Å². The number of aliphatic imine (C=N–C) groups is 1. The van der Waals surface area contributed by atoms with Gasteiger partial charge in [-0.1, -0.05) is 12.1 Å². The van der Waals surface area contributed by atoms with Crippen molar-refractivity contribution in [3.05, 3.63) is 29.3 Å². The molecule has 2 aliphatic rings. The monoisotopic (exact) mass is 401 g/mol. The number of methoxy groups -OCH3 is 1. The minimum Gasteiger partial charge on any atom is -0.496 e. The number of benzene rings is 1. The molecule has 2 heterocycles. The third kappa shape index (κ3) is 5.21. The average molecular weight is 402 g/mol. The van der Waals surface area contributed by atoms with Crippen molar-refractivity contribution in [2.45, 2.75) is 39.3 Å². The molecule has 2 saturated heterocycles. The molecule has 2 fully saturated rings. The Labute approximate surface area is 174 Å². The highest BCUT2D eigenvalue weighted by molar-refractivity contribution is 5.82. The number of nitrogens with zero attached hydrogens (tertiary/aromatic N) is 4. The molecule has 0 spiro atoms. The van der Waals surface area contributed by atoms with E-state index >= 15 is 0 Å². The number of likely N-dealkylation sites (tertiary alicyclic amines) is 1. The lowest BCUT2D eigenvalue weighted by Gasteiger charge is -2.39. The molecule has 7 heteroatoms. The van der Waals surface area contributed by atoms with Crippen molar-refractivity contribution in [1.82, 2.24) is 20.0 Å². The maximum Gasteiger partial charge on any atom is 0.239 e. The second kappa shape index (κ2) is 9.96. The molecule has 3 rings (SSSR count). The van der Waals surface area contributed by atoms with Gasteiger partial charge in [-0.05, 0) is 43.9 Å². The van der Waals surface area contributed by atoms with Gasteiger partial charge in [-0.3, -0.25) is 14.7 Å². The van der Waals surface area contributed by atoms with Crippen LogP contribution in [-0.4, -0.2) is 86.0 Å². The average Bonchev–Trinajstić information content (AvgIpc) is 3.29. The number of carbonyl (C=O) groups excluding carboxylic acids is 1. The first-order valence-electron chi connectivity index (χ1n) is 10.7. The molecule has 0 aliphatic carbocycles. The number of guanidine groups is 1. The summed E-state index contributed by atoms with van der Waals surface area (Å²) >= 11 is 0. The largest absolute Gasteiger partial charge is 0.496 e. The van der Waals surface area contributed by atoms with Crippen LogP contribution in [0.2, 0.25) is 0 Å². The van der Waals surface area contributed by atoms with E-state index in [2.05, 4.69) is 38.3 Å². The van der Waals surface area contributed by atoms with Crippen LogP contribution in [0.25, 0.3) is 0 Å². The third-order valence-corrected chi connectivity index (χ3v) is 6.07. The Hall–Kier alpha value is -2.28. The third-order valence-electron chi connectivity index (χ3n) is 6.07. The minimum atomic E-state index is -0.0368. The molecule has 160 valence electrons.